The summed E-state index contributed by atoms with van der Waals surface area (Å²) in [6, 6.07) is 14.9. The zero-order valence-corrected chi connectivity index (χ0v) is 13.4. The molecule has 0 aliphatic rings. The lowest BCUT2D eigenvalue weighted by Gasteiger charge is -2.08. The summed E-state index contributed by atoms with van der Waals surface area (Å²) in [6.07, 6.45) is 1.81. The van der Waals surface area contributed by atoms with Crippen LogP contribution in [0.3, 0.4) is 0 Å². The van der Waals surface area contributed by atoms with E-state index >= 15 is 0 Å². The molecule has 0 atom stereocenters. The van der Waals surface area contributed by atoms with E-state index in [1.54, 1.807) is 6.20 Å². The first-order chi connectivity index (χ1) is 11.6. The fourth-order valence-corrected chi connectivity index (χ4v) is 2.34. The predicted octanol–water partition coefficient (Wildman–Crippen LogP) is 3.08. The van der Waals surface area contributed by atoms with Gasteiger partial charge in [0, 0.05) is 0 Å². The van der Waals surface area contributed by atoms with Crippen LogP contribution in [0.4, 0.5) is 0 Å². The predicted molar refractivity (Wildman–Crippen MR) is 87.1 cm³/mol. The lowest BCUT2D eigenvalue weighted by Crippen LogP contribution is -1.95. The van der Waals surface area contributed by atoms with Crippen molar-refractivity contribution < 1.29 is 14.3 Å². The van der Waals surface area contributed by atoms with E-state index in [1.807, 2.05) is 0 Å². The van der Waals surface area contributed by atoms with Crippen LogP contribution < -0.4 is 4.74 Å². The molecule has 0 saturated carbocycles. The zero-order chi connectivity index (χ0) is 17.4. The van der Waals surface area contributed by atoms with Crippen LogP contribution in [0.1, 0.15) is 16.7 Å². The van der Waals surface area contributed by atoms with Crippen molar-refractivity contribution in [2.75, 3.05) is 0 Å². The van der Waals surface area contributed by atoms with Crippen molar-refractivity contribution in [3.05, 3.63) is 65.4 Å². The Morgan fingerprint density at radius 3 is 2.38 bits per heavy atom. The molecule has 1 aromatic heterocycles. The highest BCUT2D eigenvalue weighted by Gasteiger charge is 2.03. The van der Waals surface area contributed by atoms with Gasteiger partial charge in [0.25, 0.3) is 5.88 Å². The van der Waals surface area contributed by atoms with Crippen molar-refractivity contribution in [2.45, 2.75) is 20.5 Å². The van der Waals surface area contributed by atoms with Gasteiger partial charge in [-0.3, -0.25) is 0 Å². The summed E-state index contributed by atoms with van der Waals surface area (Å²) in [5.74, 6) is 0.508. The first-order valence-electron chi connectivity index (χ1n) is 7.28. The topological polar surface area (TPSA) is 84.9 Å². The Balaban J connectivity index is 0.000000647. The third kappa shape index (κ3) is 4.63. The maximum atomic E-state index is 8.12. The number of benzene rings is 2. The first-order valence-corrected chi connectivity index (χ1v) is 7.28. The molecule has 1 N–H and O–H groups in total. The van der Waals surface area contributed by atoms with Crippen LogP contribution in [0.5, 0.6) is 5.88 Å². The van der Waals surface area contributed by atoms with E-state index in [0.717, 1.165) is 5.56 Å². The number of aryl methyl sites for hydroxylation is 2. The fourth-order valence-electron chi connectivity index (χ4n) is 2.34. The summed E-state index contributed by atoms with van der Waals surface area (Å²) < 4.78 is 5.51. The minimum Gasteiger partial charge on any atom is -0.471 e. The van der Waals surface area contributed by atoms with Crippen molar-refractivity contribution in [1.29, 1.82) is 0 Å². The molecule has 0 unspecified atom stereocenters. The molecule has 0 bridgehead atoms. The summed E-state index contributed by atoms with van der Waals surface area (Å²) in [5.41, 5.74) is 6.17. The standard InChI is InChI=1S/C17H17N3O.CO2/c1-12-3-8-16(13(2)9-12)15-6-4-14(5-7-15)11-21-17-10-18-20-19-17;2-1-3/h3-10H,11H2,1-2H3,(H,18,19,20);. The van der Waals surface area contributed by atoms with Gasteiger partial charge in [0.15, 0.2) is 0 Å². The Kier molecular flexibility index (Phi) is 6.00. The van der Waals surface area contributed by atoms with Gasteiger partial charge >= 0.3 is 6.15 Å². The largest absolute Gasteiger partial charge is 0.471 e. The molecule has 0 fully saturated rings. The van der Waals surface area contributed by atoms with Crippen LogP contribution >= 0.6 is 0 Å². The molecule has 2 aromatic carbocycles. The Morgan fingerprint density at radius 2 is 1.79 bits per heavy atom. The molecule has 0 spiro atoms. The van der Waals surface area contributed by atoms with Gasteiger partial charge in [-0.2, -0.15) is 19.9 Å². The smallest absolute Gasteiger partial charge is 0.373 e. The molecule has 0 amide bonds. The van der Waals surface area contributed by atoms with Gasteiger partial charge in [0.05, 0.1) is 0 Å². The van der Waals surface area contributed by atoms with E-state index in [-0.39, 0.29) is 6.15 Å². The molecule has 0 saturated heterocycles. The Morgan fingerprint density at radius 1 is 1.08 bits per heavy atom. The molecular formula is C18H17N3O3. The zero-order valence-electron chi connectivity index (χ0n) is 13.4. The van der Waals surface area contributed by atoms with Gasteiger partial charge in [0.2, 0.25) is 0 Å². The fraction of sp³-hybridized carbons (Fsp3) is 0.167. The average molecular weight is 323 g/mol. The first kappa shape index (κ1) is 17.1. The van der Waals surface area contributed by atoms with Gasteiger partial charge in [-0.1, -0.05) is 48.0 Å². The summed E-state index contributed by atoms with van der Waals surface area (Å²) in [7, 11) is 0. The second-order valence-corrected chi connectivity index (χ2v) is 5.20. The number of carbonyl (C=O) groups excluding carboxylic acids is 2. The Labute approximate surface area is 139 Å². The highest BCUT2D eigenvalue weighted by atomic mass is 16.5. The molecule has 0 radical (unpaired) electrons. The molecule has 0 aliphatic heterocycles. The molecule has 6 nitrogen and oxygen atoms in total. The molecular weight excluding hydrogens is 306 g/mol. The van der Waals surface area contributed by atoms with E-state index < -0.39 is 0 Å². The number of hydrogen-bond donors (Lipinski definition) is 1. The molecule has 24 heavy (non-hydrogen) atoms. The molecule has 3 rings (SSSR count). The monoisotopic (exact) mass is 323 g/mol. The number of aromatic amines is 1. The quantitative estimate of drug-likeness (QED) is 0.797. The third-order valence-corrected chi connectivity index (χ3v) is 3.43. The van der Waals surface area contributed by atoms with Crippen LogP contribution in [-0.4, -0.2) is 21.6 Å². The lowest BCUT2D eigenvalue weighted by atomic mass is 9.98. The van der Waals surface area contributed by atoms with E-state index in [0.29, 0.717) is 12.5 Å². The second kappa shape index (κ2) is 8.41. The molecule has 6 heteroatoms. The summed E-state index contributed by atoms with van der Waals surface area (Å²) in [5, 5.41) is 10.1. The number of nitrogens with zero attached hydrogens (tertiary/aromatic N) is 2. The van der Waals surface area contributed by atoms with Crippen molar-refractivity contribution in [2.24, 2.45) is 0 Å². The van der Waals surface area contributed by atoms with Crippen LogP contribution in [0.25, 0.3) is 11.1 Å². The van der Waals surface area contributed by atoms with E-state index in [1.165, 1.54) is 22.3 Å². The average Bonchev–Trinajstić information content (AvgIpc) is 3.08. The summed E-state index contributed by atoms with van der Waals surface area (Å²) in [6.45, 7) is 4.74. The third-order valence-electron chi connectivity index (χ3n) is 3.43. The normalized spacial score (nSPS) is 9.58. The van der Waals surface area contributed by atoms with Crippen molar-refractivity contribution in [3.63, 3.8) is 0 Å². The number of rotatable bonds is 4. The van der Waals surface area contributed by atoms with Crippen molar-refractivity contribution in [3.8, 4) is 17.0 Å². The molecule has 3 aromatic rings. The molecule has 1 heterocycles. The Hall–Kier alpha value is -3.24. The number of nitrogens with one attached hydrogen (secondary N) is 1. The number of hydrogen-bond acceptors (Lipinski definition) is 5. The number of aromatic nitrogens is 3. The van der Waals surface area contributed by atoms with Crippen molar-refractivity contribution >= 4 is 6.15 Å². The van der Waals surface area contributed by atoms with Crippen LogP contribution in [-0.2, 0) is 16.2 Å². The maximum Gasteiger partial charge on any atom is 0.373 e. The van der Waals surface area contributed by atoms with E-state index in [4.69, 9.17) is 14.3 Å². The number of ether oxygens (including phenoxy) is 1. The van der Waals surface area contributed by atoms with E-state index in [9.17, 15) is 0 Å². The lowest BCUT2D eigenvalue weighted by molar-refractivity contribution is -0.191. The SMILES string of the molecule is Cc1ccc(-c2ccc(COc3cn[nH]n3)cc2)c(C)c1.O=C=O. The van der Waals surface area contributed by atoms with Gasteiger partial charge in [-0.25, -0.2) is 0 Å². The minimum atomic E-state index is 0.250. The van der Waals surface area contributed by atoms with Gasteiger partial charge in [-0.05, 0) is 36.1 Å². The van der Waals surface area contributed by atoms with Gasteiger partial charge in [0.1, 0.15) is 12.8 Å². The summed E-state index contributed by atoms with van der Waals surface area (Å²) in [4.78, 5) is 16.2. The molecule has 122 valence electrons. The Bertz CT molecular complexity index is 806. The second-order valence-electron chi connectivity index (χ2n) is 5.20. The molecule has 0 aliphatic carbocycles. The summed E-state index contributed by atoms with van der Waals surface area (Å²) >= 11 is 0. The number of H-pyrrole nitrogens is 1. The van der Waals surface area contributed by atoms with E-state index in [2.05, 4.69) is 71.7 Å². The van der Waals surface area contributed by atoms with Gasteiger partial charge < -0.3 is 4.74 Å². The van der Waals surface area contributed by atoms with Gasteiger partial charge in [-0.15, -0.1) is 5.10 Å². The van der Waals surface area contributed by atoms with Crippen LogP contribution in [0.2, 0.25) is 0 Å². The maximum absolute atomic E-state index is 8.12. The van der Waals surface area contributed by atoms with Crippen LogP contribution in [0.15, 0.2) is 48.7 Å². The van der Waals surface area contributed by atoms with Crippen molar-refractivity contribution in [1.82, 2.24) is 15.4 Å². The highest BCUT2D eigenvalue weighted by molar-refractivity contribution is 5.67. The minimum absolute atomic E-state index is 0.250. The highest BCUT2D eigenvalue weighted by Crippen LogP contribution is 2.24. The van der Waals surface area contributed by atoms with Crippen LogP contribution in [0, 0.1) is 13.8 Å².